The molecule has 0 spiro atoms. The molecular weight excluding hydrogens is 393 g/mol. The number of nitrogens with zero attached hydrogens (tertiary/aromatic N) is 3. The predicted molar refractivity (Wildman–Crippen MR) is 120 cm³/mol. The van der Waals surface area contributed by atoms with Crippen LogP contribution in [0.1, 0.15) is 42.3 Å². The van der Waals surface area contributed by atoms with Gasteiger partial charge in [0.15, 0.2) is 0 Å². The second-order valence-corrected chi connectivity index (χ2v) is 8.33. The summed E-state index contributed by atoms with van der Waals surface area (Å²) >= 11 is 0. The quantitative estimate of drug-likeness (QED) is 0.681. The van der Waals surface area contributed by atoms with Crippen molar-refractivity contribution in [2.45, 2.75) is 39.8 Å². The molecule has 2 aromatic carbocycles. The minimum absolute atomic E-state index is 0.00777. The van der Waals surface area contributed by atoms with Crippen LogP contribution in [0.3, 0.4) is 0 Å². The average molecular weight is 426 g/mol. The first-order chi connectivity index (χ1) is 14.9. The zero-order chi connectivity index (χ0) is 22.4. The van der Waals surface area contributed by atoms with E-state index in [4.69, 9.17) is 0 Å². The number of benzene rings is 2. The maximum Gasteiger partial charge on any atom is 0.253 e. The van der Waals surface area contributed by atoms with Crippen molar-refractivity contribution in [3.05, 3.63) is 71.0 Å². The Morgan fingerprint density at radius 2 is 1.45 bits per heavy atom. The summed E-state index contributed by atoms with van der Waals surface area (Å²) in [5.41, 5.74) is 2.68. The Morgan fingerprint density at radius 3 is 2.00 bits per heavy atom. The van der Waals surface area contributed by atoms with Crippen molar-refractivity contribution in [3.63, 3.8) is 0 Å². The van der Waals surface area contributed by atoms with Gasteiger partial charge in [-0.05, 0) is 55.8 Å². The van der Waals surface area contributed by atoms with E-state index in [1.54, 1.807) is 17.0 Å². The molecule has 3 rings (SSSR count). The van der Waals surface area contributed by atoms with E-state index in [-0.39, 0.29) is 24.1 Å². The Kier molecular flexibility index (Phi) is 7.80. The number of carbonyl (C=O) groups is 2. The third-order valence-electron chi connectivity index (χ3n) is 5.91. The van der Waals surface area contributed by atoms with Crippen molar-refractivity contribution in [1.29, 1.82) is 0 Å². The highest BCUT2D eigenvalue weighted by atomic mass is 19.1. The molecule has 0 aliphatic carbocycles. The number of hydrogen-bond acceptors (Lipinski definition) is 3. The van der Waals surface area contributed by atoms with Gasteiger partial charge in [-0.15, -0.1) is 0 Å². The number of halogens is 1. The molecule has 5 nitrogen and oxygen atoms in total. The first-order valence-electron chi connectivity index (χ1n) is 11.0. The smallest absolute Gasteiger partial charge is 0.253 e. The monoisotopic (exact) mass is 425 g/mol. The topological polar surface area (TPSA) is 43.9 Å². The molecule has 0 saturated carbocycles. The highest BCUT2D eigenvalue weighted by Gasteiger charge is 2.25. The lowest BCUT2D eigenvalue weighted by molar-refractivity contribution is -0.131. The zero-order valence-electron chi connectivity index (χ0n) is 18.7. The molecule has 0 bridgehead atoms. The molecule has 166 valence electrons. The number of piperazine rings is 1. The minimum atomic E-state index is -0.307. The largest absolute Gasteiger partial charge is 0.339 e. The van der Waals surface area contributed by atoms with Crippen LogP contribution < -0.4 is 0 Å². The van der Waals surface area contributed by atoms with Gasteiger partial charge in [-0.3, -0.25) is 14.5 Å². The Labute approximate surface area is 184 Å². The molecule has 2 aromatic rings. The molecule has 1 heterocycles. The number of hydrogen-bond donors (Lipinski definition) is 0. The Bertz CT molecular complexity index is 873. The van der Waals surface area contributed by atoms with Gasteiger partial charge in [0.25, 0.3) is 5.91 Å². The van der Waals surface area contributed by atoms with E-state index in [0.717, 1.165) is 18.7 Å². The molecular formula is C25H32FN3O2. The Balaban J connectivity index is 1.51. The van der Waals surface area contributed by atoms with Crippen LogP contribution in [-0.4, -0.2) is 65.3 Å². The minimum Gasteiger partial charge on any atom is -0.339 e. The van der Waals surface area contributed by atoms with Gasteiger partial charge in [0.1, 0.15) is 5.82 Å². The van der Waals surface area contributed by atoms with Gasteiger partial charge >= 0.3 is 0 Å². The molecule has 0 aromatic heterocycles. The van der Waals surface area contributed by atoms with Crippen molar-refractivity contribution in [1.82, 2.24) is 14.7 Å². The Hall–Kier alpha value is -2.73. The fourth-order valence-electron chi connectivity index (χ4n) is 3.88. The second kappa shape index (κ2) is 10.5. The molecule has 1 aliphatic heterocycles. The lowest BCUT2D eigenvalue weighted by Gasteiger charge is -2.35. The van der Waals surface area contributed by atoms with Crippen LogP contribution in [-0.2, 0) is 17.8 Å². The Morgan fingerprint density at radius 1 is 0.903 bits per heavy atom. The van der Waals surface area contributed by atoms with Gasteiger partial charge in [-0.2, -0.15) is 0 Å². The van der Waals surface area contributed by atoms with Gasteiger partial charge in [-0.1, -0.05) is 31.2 Å². The second-order valence-electron chi connectivity index (χ2n) is 8.33. The van der Waals surface area contributed by atoms with Crippen LogP contribution in [0.15, 0.2) is 48.5 Å². The molecule has 31 heavy (non-hydrogen) atoms. The lowest BCUT2D eigenvalue weighted by Crippen LogP contribution is -2.51. The summed E-state index contributed by atoms with van der Waals surface area (Å²) in [6, 6.07) is 14.3. The van der Waals surface area contributed by atoms with Gasteiger partial charge in [0, 0.05) is 44.3 Å². The van der Waals surface area contributed by atoms with E-state index in [2.05, 4.69) is 25.7 Å². The maximum atomic E-state index is 13.0. The van der Waals surface area contributed by atoms with E-state index >= 15 is 0 Å². The van der Waals surface area contributed by atoms with Crippen LogP contribution in [0.25, 0.3) is 0 Å². The summed E-state index contributed by atoms with van der Waals surface area (Å²) in [6.07, 6.45) is 0.251. The predicted octanol–water partition coefficient (Wildman–Crippen LogP) is 3.58. The van der Waals surface area contributed by atoms with Crippen LogP contribution in [0, 0.1) is 5.82 Å². The number of amides is 2. The molecule has 1 aliphatic rings. The fraction of sp³-hybridized carbons (Fsp3) is 0.440. The van der Waals surface area contributed by atoms with Crippen molar-refractivity contribution in [3.8, 4) is 0 Å². The van der Waals surface area contributed by atoms with Crippen LogP contribution in [0.4, 0.5) is 4.39 Å². The molecule has 0 atom stereocenters. The molecule has 1 fully saturated rings. The number of carbonyl (C=O) groups excluding carboxylic acids is 2. The van der Waals surface area contributed by atoms with Crippen LogP contribution in [0.5, 0.6) is 0 Å². The van der Waals surface area contributed by atoms with E-state index in [9.17, 15) is 14.0 Å². The molecule has 0 radical (unpaired) electrons. The highest BCUT2D eigenvalue weighted by molar-refractivity contribution is 5.94. The van der Waals surface area contributed by atoms with Crippen LogP contribution in [0.2, 0.25) is 0 Å². The molecule has 0 N–H and O–H groups in total. The maximum absolute atomic E-state index is 13.0. The lowest BCUT2D eigenvalue weighted by atomic mass is 10.1. The summed E-state index contributed by atoms with van der Waals surface area (Å²) in [5, 5.41) is 0. The van der Waals surface area contributed by atoms with E-state index in [0.29, 0.717) is 37.8 Å². The summed E-state index contributed by atoms with van der Waals surface area (Å²) in [7, 11) is 0. The summed E-state index contributed by atoms with van der Waals surface area (Å²) in [6.45, 7) is 10.5. The normalized spacial score (nSPS) is 14.4. The summed E-state index contributed by atoms with van der Waals surface area (Å²) in [5.74, 6) is -0.291. The molecule has 0 unspecified atom stereocenters. The summed E-state index contributed by atoms with van der Waals surface area (Å²) < 4.78 is 13.0. The number of rotatable bonds is 7. The van der Waals surface area contributed by atoms with E-state index < -0.39 is 0 Å². The average Bonchev–Trinajstić information content (AvgIpc) is 2.78. The van der Waals surface area contributed by atoms with Crippen molar-refractivity contribution >= 4 is 11.8 Å². The molecule has 1 saturated heterocycles. The third kappa shape index (κ3) is 6.14. The fourth-order valence-corrected chi connectivity index (χ4v) is 3.88. The molecule has 6 heteroatoms. The van der Waals surface area contributed by atoms with Gasteiger partial charge in [0.2, 0.25) is 5.91 Å². The van der Waals surface area contributed by atoms with Gasteiger partial charge < -0.3 is 9.80 Å². The summed E-state index contributed by atoms with van der Waals surface area (Å²) in [4.78, 5) is 31.4. The van der Waals surface area contributed by atoms with Crippen molar-refractivity contribution in [2.75, 3.05) is 32.7 Å². The standard InChI is InChI=1S/C25H32FN3O2/c1-4-27(19(2)3)18-21-5-9-22(10-6-21)25(31)29-15-13-28(14-16-29)24(30)17-20-7-11-23(26)12-8-20/h5-12,19H,4,13-18H2,1-3H3. The highest BCUT2D eigenvalue weighted by Crippen LogP contribution is 2.14. The van der Waals surface area contributed by atoms with Crippen molar-refractivity contribution in [2.24, 2.45) is 0 Å². The van der Waals surface area contributed by atoms with Gasteiger partial charge in [-0.25, -0.2) is 4.39 Å². The van der Waals surface area contributed by atoms with E-state index in [1.165, 1.54) is 17.7 Å². The first kappa shape index (κ1) is 22.9. The SMILES string of the molecule is CCN(Cc1ccc(C(=O)N2CCN(C(=O)Cc3ccc(F)cc3)CC2)cc1)C(C)C. The zero-order valence-corrected chi connectivity index (χ0v) is 18.7. The van der Waals surface area contributed by atoms with E-state index in [1.807, 2.05) is 29.2 Å². The van der Waals surface area contributed by atoms with Crippen molar-refractivity contribution < 1.29 is 14.0 Å². The third-order valence-corrected chi connectivity index (χ3v) is 5.91. The molecule has 2 amide bonds. The first-order valence-corrected chi connectivity index (χ1v) is 11.0. The van der Waals surface area contributed by atoms with Gasteiger partial charge in [0.05, 0.1) is 6.42 Å². The van der Waals surface area contributed by atoms with Crippen LogP contribution >= 0.6 is 0 Å².